The second-order valence-corrected chi connectivity index (χ2v) is 4.18. The third kappa shape index (κ3) is 2.55. The second kappa shape index (κ2) is 5.25. The zero-order chi connectivity index (χ0) is 13.1. The molecule has 0 aliphatic heterocycles. The highest BCUT2D eigenvalue weighted by atomic mass is 19.1. The Labute approximate surface area is 104 Å². The molecule has 94 valence electrons. The Bertz CT molecular complexity index is 538. The van der Waals surface area contributed by atoms with Crippen LogP contribution in [0, 0.1) is 18.6 Å². The standard InChI is InChI=1S/C14H14F2N2/c1-9-2-7-12(13(16)8-9)14(18-17)10-3-5-11(15)6-4-10/h2-8,14,18H,17H2,1H3. The summed E-state index contributed by atoms with van der Waals surface area (Å²) >= 11 is 0. The van der Waals surface area contributed by atoms with Gasteiger partial charge in [0.2, 0.25) is 0 Å². The Hall–Kier alpha value is -1.78. The molecule has 0 bridgehead atoms. The molecule has 0 radical (unpaired) electrons. The molecule has 2 nitrogen and oxygen atoms in total. The first-order valence-corrected chi connectivity index (χ1v) is 5.59. The fourth-order valence-corrected chi connectivity index (χ4v) is 1.89. The molecule has 18 heavy (non-hydrogen) atoms. The van der Waals surface area contributed by atoms with E-state index in [0.29, 0.717) is 11.1 Å². The van der Waals surface area contributed by atoms with Gasteiger partial charge in [-0.05, 0) is 36.2 Å². The van der Waals surface area contributed by atoms with E-state index < -0.39 is 6.04 Å². The summed E-state index contributed by atoms with van der Waals surface area (Å²) in [5.41, 5.74) is 4.54. The van der Waals surface area contributed by atoms with Gasteiger partial charge in [0.15, 0.2) is 0 Å². The number of hydrazine groups is 1. The maximum atomic E-state index is 13.9. The molecule has 0 aromatic heterocycles. The number of halogens is 2. The summed E-state index contributed by atoms with van der Waals surface area (Å²) < 4.78 is 26.7. The number of hydrogen-bond donors (Lipinski definition) is 2. The summed E-state index contributed by atoms with van der Waals surface area (Å²) in [5.74, 6) is 4.81. The molecule has 3 N–H and O–H groups in total. The van der Waals surface area contributed by atoms with E-state index in [1.54, 1.807) is 18.2 Å². The summed E-state index contributed by atoms with van der Waals surface area (Å²) in [6.07, 6.45) is 0. The summed E-state index contributed by atoms with van der Waals surface area (Å²) in [6, 6.07) is 10.3. The van der Waals surface area contributed by atoms with Crippen molar-refractivity contribution < 1.29 is 8.78 Å². The molecule has 2 aromatic carbocycles. The van der Waals surface area contributed by atoms with E-state index in [1.807, 2.05) is 13.0 Å². The summed E-state index contributed by atoms with van der Waals surface area (Å²) in [7, 11) is 0. The lowest BCUT2D eigenvalue weighted by molar-refractivity contribution is 0.558. The SMILES string of the molecule is Cc1ccc(C(NN)c2ccc(F)cc2)c(F)c1. The molecule has 0 saturated heterocycles. The summed E-state index contributed by atoms with van der Waals surface area (Å²) in [6.45, 7) is 1.82. The van der Waals surface area contributed by atoms with Gasteiger partial charge in [-0.3, -0.25) is 5.84 Å². The first kappa shape index (κ1) is 12.7. The van der Waals surface area contributed by atoms with Crippen LogP contribution in [-0.4, -0.2) is 0 Å². The Kier molecular flexibility index (Phi) is 3.69. The van der Waals surface area contributed by atoms with Gasteiger partial charge in [0.25, 0.3) is 0 Å². The number of nitrogens with two attached hydrogens (primary N) is 1. The van der Waals surface area contributed by atoms with Crippen molar-refractivity contribution in [1.82, 2.24) is 5.43 Å². The minimum Gasteiger partial charge on any atom is -0.271 e. The van der Waals surface area contributed by atoms with Crippen LogP contribution in [0.1, 0.15) is 22.7 Å². The van der Waals surface area contributed by atoms with Crippen molar-refractivity contribution in [2.45, 2.75) is 13.0 Å². The van der Waals surface area contributed by atoms with E-state index in [0.717, 1.165) is 5.56 Å². The Morgan fingerprint density at radius 2 is 1.72 bits per heavy atom. The van der Waals surface area contributed by atoms with Gasteiger partial charge in [0.05, 0.1) is 6.04 Å². The monoisotopic (exact) mass is 248 g/mol. The molecule has 1 atom stereocenters. The number of benzene rings is 2. The first-order valence-electron chi connectivity index (χ1n) is 5.59. The number of hydrogen-bond acceptors (Lipinski definition) is 2. The van der Waals surface area contributed by atoms with Crippen LogP contribution < -0.4 is 11.3 Å². The van der Waals surface area contributed by atoms with Crippen LogP contribution >= 0.6 is 0 Å². The quantitative estimate of drug-likeness (QED) is 0.647. The van der Waals surface area contributed by atoms with E-state index in [4.69, 9.17) is 5.84 Å². The van der Waals surface area contributed by atoms with E-state index >= 15 is 0 Å². The van der Waals surface area contributed by atoms with Gasteiger partial charge in [-0.2, -0.15) is 0 Å². The highest BCUT2D eigenvalue weighted by molar-refractivity contribution is 5.34. The maximum absolute atomic E-state index is 13.9. The van der Waals surface area contributed by atoms with Crippen LogP contribution in [0.3, 0.4) is 0 Å². The highest BCUT2D eigenvalue weighted by Crippen LogP contribution is 2.24. The van der Waals surface area contributed by atoms with Crippen LogP contribution in [0.15, 0.2) is 42.5 Å². The van der Waals surface area contributed by atoms with Gasteiger partial charge in [-0.25, -0.2) is 14.2 Å². The fraction of sp³-hybridized carbons (Fsp3) is 0.143. The smallest absolute Gasteiger partial charge is 0.128 e. The molecule has 0 heterocycles. The second-order valence-electron chi connectivity index (χ2n) is 4.18. The van der Waals surface area contributed by atoms with Gasteiger partial charge in [0.1, 0.15) is 11.6 Å². The lowest BCUT2D eigenvalue weighted by Crippen LogP contribution is -2.29. The van der Waals surface area contributed by atoms with Crippen LogP contribution in [0.25, 0.3) is 0 Å². The van der Waals surface area contributed by atoms with Crippen molar-refractivity contribution in [3.05, 3.63) is 70.8 Å². The van der Waals surface area contributed by atoms with Crippen molar-refractivity contribution >= 4 is 0 Å². The van der Waals surface area contributed by atoms with Gasteiger partial charge < -0.3 is 0 Å². The van der Waals surface area contributed by atoms with Crippen LogP contribution in [0.2, 0.25) is 0 Å². The van der Waals surface area contributed by atoms with E-state index in [-0.39, 0.29) is 11.6 Å². The molecular weight excluding hydrogens is 234 g/mol. The van der Waals surface area contributed by atoms with Gasteiger partial charge in [-0.1, -0.05) is 24.3 Å². The molecule has 0 spiro atoms. The van der Waals surface area contributed by atoms with Gasteiger partial charge in [-0.15, -0.1) is 0 Å². The molecule has 0 saturated carbocycles. The molecular formula is C14H14F2N2. The predicted octanol–water partition coefficient (Wildman–Crippen LogP) is 2.83. The average molecular weight is 248 g/mol. The zero-order valence-electron chi connectivity index (χ0n) is 9.95. The van der Waals surface area contributed by atoms with E-state index in [1.165, 1.54) is 18.2 Å². The molecule has 0 fully saturated rings. The lowest BCUT2D eigenvalue weighted by Gasteiger charge is -2.17. The normalized spacial score (nSPS) is 12.4. The summed E-state index contributed by atoms with van der Waals surface area (Å²) in [5, 5.41) is 0. The highest BCUT2D eigenvalue weighted by Gasteiger charge is 2.16. The summed E-state index contributed by atoms with van der Waals surface area (Å²) in [4.78, 5) is 0. The van der Waals surface area contributed by atoms with Crippen molar-refractivity contribution in [2.75, 3.05) is 0 Å². The Morgan fingerprint density at radius 1 is 1.06 bits per heavy atom. The van der Waals surface area contributed by atoms with Crippen molar-refractivity contribution in [1.29, 1.82) is 0 Å². The van der Waals surface area contributed by atoms with Gasteiger partial charge in [0, 0.05) is 5.56 Å². The Balaban J connectivity index is 2.41. The largest absolute Gasteiger partial charge is 0.271 e. The minimum absolute atomic E-state index is 0.331. The lowest BCUT2D eigenvalue weighted by atomic mass is 9.98. The number of nitrogens with one attached hydrogen (secondary N) is 1. The predicted molar refractivity (Wildman–Crippen MR) is 66.7 cm³/mol. The van der Waals surface area contributed by atoms with Crippen LogP contribution in [0.5, 0.6) is 0 Å². The van der Waals surface area contributed by atoms with Crippen molar-refractivity contribution in [3.63, 3.8) is 0 Å². The fourth-order valence-electron chi connectivity index (χ4n) is 1.89. The Morgan fingerprint density at radius 3 is 2.28 bits per heavy atom. The molecule has 2 aromatic rings. The molecule has 0 aliphatic carbocycles. The van der Waals surface area contributed by atoms with Crippen LogP contribution in [-0.2, 0) is 0 Å². The zero-order valence-corrected chi connectivity index (χ0v) is 9.95. The topological polar surface area (TPSA) is 38.0 Å². The van der Waals surface area contributed by atoms with Gasteiger partial charge >= 0.3 is 0 Å². The third-order valence-corrected chi connectivity index (χ3v) is 2.84. The third-order valence-electron chi connectivity index (χ3n) is 2.84. The maximum Gasteiger partial charge on any atom is 0.128 e. The number of aryl methyl sites for hydroxylation is 1. The molecule has 0 amide bonds. The first-order chi connectivity index (χ1) is 8.61. The minimum atomic E-state index is -0.494. The molecule has 1 unspecified atom stereocenters. The average Bonchev–Trinajstić information content (AvgIpc) is 2.35. The van der Waals surface area contributed by atoms with E-state index in [2.05, 4.69) is 5.43 Å². The van der Waals surface area contributed by atoms with Crippen LogP contribution in [0.4, 0.5) is 8.78 Å². The van der Waals surface area contributed by atoms with Crippen molar-refractivity contribution in [2.24, 2.45) is 5.84 Å². The molecule has 2 rings (SSSR count). The van der Waals surface area contributed by atoms with E-state index in [9.17, 15) is 8.78 Å². The molecule has 4 heteroatoms. The van der Waals surface area contributed by atoms with Crippen molar-refractivity contribution in [3.8, 4) is 0 Å². The number of rotatable bonds is 3. The molecule has 0 aliphatic rings.